The second-order valence-electron chi connectivity index (χ2n) is 9.68. The maximum absolute atomic E-state index is 13.1. The molecule has 0 aliphatic carbocycles. The van der Waals surface area contributed by atoms with Gasteiger partial charge in [0.05, 0.1) is 17.9 Å². The van der Waals surface area contributed by atoms with Gasteiger partial charge in [0.15, 0.2) is 0 Å². The van der Waals surface area contributed by atoms with E-state index in [1.165, 1.54) is 6.07 Å². The number of hydrogen-bond acceptors (Lipinski definition) is 10. The van der Waals surface area contributed by atoms with Crippen LogP contribution < -0.4 is 11.2 Å². The van der Waals surface area contributed by atoms with E-state index in [9.17, 15) is 24.3 Å². The third kappa shape index (κ3) is 9.53. The molecule has 1 rings (SSSR count). The minimum Gasteiger partial charge on any atom is -0.458 e. The average molecular weight is 666 g/mol. The van der Waals surface area contributed by atoms with Crippen molar-refractivity contribution in [2.45, 2.75) is 65.5 Å². The Bertz CT molecular complexity index is 1130. The largest absolute Gasteiger partial charge is 0.458 e. The molecule has 210 valence electrons. The van der Waals surface area contributed by atoms with E-state index in [1.54, 1.807) is 41.5 Å². The number of aliphatic hydroxyl groups excluding tert-OH is 1. The molecule has 16 heteroatoms. The first-order chi connectivity index (χ1) is 17.5. The molecule has 3 amide bonds. The summed E-state index contributed by atoms with van der Waals surface area (Å²) in [6.07, 6.45) is -3.10. The van der Waals surface area contributed by atoms with Crippen LogP contribution in [0.15, 0.2) is 20.1 Å². The molecule has 1 unspecified atom stereocenters. The number of rotatable bonds is 9. The Morgan fingerprint density at radius 1 is 1.16 bits per heavy atom. The number of ether oxygens (including phenoxy) is 2. The van der Waals surface area contributed by atoms with Crippen LogP contribution in [-0.2, 0) is 30.5 Å². The van der Waals surface area contributed by atoms with E-state index < -0.39 is 54.3 Å². The van der Waals surface area contributed by atoms with Crippen molar-refractivity contribution in [3.8, 4) is 0 Å². The molecule has 0 saturated heterocycles. The van der Waals surface area contributed by atoms with Crippen LogP contribution >= 0.6 is 31.9 Å². The number of imide groups is 1. The van der Waals surface area contributed by atoms with Crippen LogP contribution in [0.1, 0.15) is 57.5 Å². The number of esters is 1. The summed E-state index contributed by atoms with van der Waals surface area (Å²) in [5, 5.41) is 15.8. The Kier molecular flexibility index (Phi) is 12.1. The molecular weight excluding hydrogens is 636 g/mol. The number of hydrogen-bond donors (Lipinski definition) is 3. The van der Waals surface area contributed by atoms with Gasteiger partial charge < -0.3 is 19.9 Å². The number of nitrogens with zero attached hydrogens (tertiary/aromatic N) is 4. The lowest BCUT2D eigenvalue weighted by Gasteiger charge is -2.29. The summed E-state index contributed by atoms with van der Waals surface area (Å²) in [7, 11) is 0. The molecule has 1 aromatic carbocycles. The molecule has 0 heterocycles. The fourth-order valence-electron chi connectivity index (χ4n) is 2.85. The standard InChI is InChI=1S/C22H30Br2N6O8/c1-21(2,3)36-19(34)16(38-26)18(33)30(20(35)37-22(4,5)6)8-7-27-17(32)13-11(10-31)9-12(23)15(14(13)24)28-29-25/h9,16,31H,7-8,10,26H2,1-6H3,(H,27,32). The Labute approximate surface area is 236 Å². The highest BCUT2D eigenvalue weighted by molar-refractivity contribution is 9.11. The van der Waals surface area contributed by atoms with Crippen LogP contribution in [0.2, 0.25) is 0 Å². The number of amides is 3. The smallest absolute Gasteiger partial charge is 0.417 e. The fraction of sp³-hybridized carbons (Fsp3) is 0.545. The first kappa shape index (κ1) is 33.3. The molecule has 0 fully saturated rings. The van der Waals surface area contributed by atoms with E-state index >= 15 is 0 Å². The van der Waals surface area contributed by atoms with Gasteiger partial charge >= 0.3 is 12.1 Å². The zero-order valence-corrected chi connectivity index (χ0v) is 24.9. The second-order valence-corrected chi connectivity index (χ2v) is 11.3. The van der Waals surface area contributed by atoms with Crippen molar-refractivity contribution in [3.05, 3.63) is 36.6 Å². The third-order valence-electron chi connectivity index (χ3n) is 4.30. The van der Waals surface area contributed by atoms with Crippen molar-refractivity contribution in [3.63, 3.8) is 0 Å². The lowest BCUT2D eigenvalue weighted by atomic mass is 10.1. The summed E-state index contributed by atoms with van der Waals surface area (Å²) in [6.45, 7) is 8.14. The van der Waals surface area contributed by atoms with Crippen LogP contribution in [0, 0.1) is 0 Å². The number of carbonyl (C=O) groups excluding carboxylic acids is 4. The summed E-state index contributed by atoms with van der Waals surface area (Å²) >= 11 is 6.41. The van der Waals surface area contributed by atoms with Gasteiger partial charge in [-0.15, -0.1) is 0 Å². The molecule has 0 aliphatic heterocycles. The summed E-state index contributed by atoms with van der Waals surface area (Å²) in [4.78, 5) is 59.2. The summed E-state index contributed by atoms with van der Waals surface area (Å²) in [6, 6.07) is 1.41. The monoisotopic (exact) mass is 664 g/mol. The maximum Gasteiger partial charge on any atom is 0.417 e. The Balaban J connectivity index is 3.24. The lowest BCUT2D eigenvalue weighted by Crippen LogP contribution is -2.52. The van der Waals surface area contributed by atoms with Gasteiger partial charge in [0.2, 0.25) is 0 Å². The number of aliphatic hydroxyl groups is 1. The molecule has 0 aliphatic rings. The molecular formula is C22H30Br2N6O8. The van der Waals surface area contributed by atoms with E-state index in [0.717, 1.165) is 0 Å². The van der Waals surface area contributed by atoms with Crippen LogP contribution in [-0.4, -0.2) is 64.3 Å². The van der Waals surface area contributed by atoms with E-state index in [4.69, 9.17) is 20.9 Å². The number of carbonyl (C=O) groups is 4. The molecule has 0 radical (unpaired) electrons. The Morgan fingerprint density at radius 2 is 1.74 bits per heavy atom. The minimum absolute atomic E-state index is 0.0369. The highest BCUT2D eigenvalue weighted by Gasteiger charge is 2.39. The van der Waals surface area contributed by atoms with E-state index in [0.29, 0.717) is 9.37 Å². The van der Waals surface area contributed by atoms with Gasteiger partial charge in [0.25, 0.3) is 17.9 Å². The SMILES string of the molecule is CC(C)(C)OC(=O)C(ON)C(=O)N(CCNC(=O)c1c(CO)cc(Br)c(N=[N+]=[N-])c1Br)C(=O)OC(C)(C)C. The summed E-state index contributed by atoms with van der Waals surface area (Å²) in [5.74, 6) is 2.15. The highest BCUT2D eigenvalue weighted by Crippen LogP contribution is 2.38. The molecule has 1 aromatic rings. The summed E-state index contributed by atoms with van der Waals surface area (Å²) < 4.78 is 10.8. The van der Waals surface area contributed by atoms with Crippen molar-refractivity contribution >= 4 is 61.4 Å². The number of nitrogens with one attached hydrogen (secondary N) is 1. The first-order valence-electron chi connectivity index (χ1n) is 11.0. The van der Waals surface area contributed by atoms with Crippen molar-refractivity contribution in [2.24, 2.45) is 11.0 Å². The molecule has 0 spiro atoms. The van der Waals surface area contributed by atoms with Crippen LogP contribution in [0.4, 0.5) is 10.5 Å². The zero-order chi connectivity index (χ0) is 29.4. The quantitative estimate of drug-likeness (QED) is 0.0875. The van der Waals surface area contributed by atoms with E-state index in [2.05, 4.69) is 52.0 Å². The second kappa shape index (κ2) is 13.9. The lowest BCUT2D eigenvalue weighted by molar-refractivity contribution is -0.174. The Morgan fingerprint density at radius 3 is 2.21 bits per heavy atom. The van der Waals surface area contributed by atoms with E-state index in [-0.39, 0.29) is 27.8 Å². The molecule has 1 atom stereocenters. The van der Waals surface area contributed by atoms with Gasteiger partial charge in [0.1, 0.15) is 11.2 Å². The van der Waals surface area contributed by atoms with Gasteiger partial charge in [-0.05, 0) is 74.6 Å². The number of nitrogens with two attached hydrogens (primary N) is 1. The van der Waals surface area contributed by atoms with E-state index in [1.807, 2.05) is 0 Å². The predicted molar refractivity (Wildman–Crippen MR) is 142 cm³/mol. The van der Waals surface area contributed by atoms with Crippen molar-refractivity contribution in [1.29, 1.82) is 0 Å². The Hall–Kier alpha value is -2.75. The molecule has 0 saturated carbocycles. The number of halogens is 2. The normalized spacial score (nSPS) is 12.2. The van der Waals surface area contributed by atoms with Crippen LogP contribution in [0.3, 0.4) is 0 Å². The van der Waals surface area contributed by atoms with Crippen LogP contribution in [0.5, 0.6) is 0 Å². The van der Waals surface area contributed by atoms with Crippen molar-refractivity contribution in [1.82, 2.24) is 10.2 Å². The van der Waals surface area contributed by atoms with Crippen molar-refractivity contribution < 1.29 is 38.6 Å². The van der Waals surface area contributed by atoms with Crippen molar-refractivity contribution in [2.75, 3.05) is 13.1 Å². The maximum atomic E-state index is 13.1. The highest BCUT2D eigenvalue weighted by atomic mass is 79.9. The minimum atomic E-state index is -1.98. The number of benzene rings is 1. The first-order valence-corrected chi connectivity index (χ1v) is 12.6. The van der Waals surface area contributed by atoms with Gasteiger partial charge in [-0.2, -0.15) is 0 Å². The molecule has 0 aromatic heterocycles. The average Bonchev–Trinajstić information content (AvgIpc) is 2.76. The number of azide groups is 1. The molecule has 4 N–H and O–H groups in total. The fourth-order valence-corrected chi connectivity index (χ4v) is 4.40. The molecule has 0 bridgehead atoms. The molecule has 38 heavy (non-hydrogen) atoms. The van der Waals surface area contributed by atoms with Gasteiger partial charge in [-0.1, -0.05) is 21.0 Å². The van der Waals surface area contributed by atoms with Crippen LogP contribution in [0.25, 0.3) is 10.4 Å². The third-order valence-corrected chi connectivity index (χ3v) is 5.68. The zero-order valence-electron chi connectivity index (χ0n) is 21.7. The topological polar surface area (TPSA) is 206 Å². The van der Waals surface area contributed by atoms with Gasteiger partial charge in [-0.3, -0.25) is 14.4 Å². The summed E-state index contributed by atoms with van der Waals surface area (Å²) in [5.41, 5.74) is 7.06. The predicted octanol–water partition coefficient (Wildman–Crippen LogP) is 3.74. The molecule has 14 nitrogen and oxygen atoms in total. The van der Waals surface area contributed by atoms with Gasteiger partial charge in [-0.25, -0.2) is 20.4 Å². The van der Waals surface area contributed by atoms with Gasteiger partial charge in [0, 0.05) is 26.9 Å².